The number of rotatable bonds is 24. The average molecular weight is 1700 g/mol. The molecule has 11 aromatic carbocycles. The number of hydrogen-bond donors (Lipinski definition) is 0. The molecule has 8 nitrogen and oxygen atoms in total. The van der Waals surface area contributed by atoms with Crippen molar-refractivity contribution in [2.24, 2.45) is 9.98 Å². The van der Waals surface area contributed by atoms with E-state index in [1.54, 1.807) is 80.6 Å². The van der Waals surface area contributed by atoms with Crippen molar-refractivity contribution >= 4 is 102 Å². The van der Waals surface area contributed by atoms with E-state index in [-0.39, 0.29) is 78.9 Å². The molecular weight excluding hydrogens is 1630 g/mol. The van der Waals surface area contributed by atoms with Crippen molar-refractivity contribution in [3.63, 3.8) is 0 Å². The maximum atomic E-state index is 15.6. The molecule has 0 unspecified atom stereocenters. The van der Waals surface area contributed by atoms with E-state index in [2.05, 4.69) is 6.07 Å². The van der Waals surface area contributed by atoms with Gasteiger partial charge in [0.05, 0.1) is 11.4 Å². The minimum atomic E-state index is -6.42. The van der Waals surface area contributed by atoms with Crippen LogP contribution in [0.4, 0.5) is 87.8 Å². The summed E-state index contributed by atoms with van der Waals surface area (Å²) < 4.78 is 316. The van der Waals surface area contributed by atoms with Crippen molar-refractivity contribution < 1.29 is 106 Å². The summed E-state index contributed by atoms with van der Waals surface area (Å²) in [4.78, 5) is 9.98. The Morgan fingerprint density at radius 1 is 0.328 bits per heavy atom. The summed E-state index contributed by atoms with van der Waals surface area (Å²) in [5.41, 5.74) is 4.68. The topological polar surface area (TPSA) is 71.5 Å². The van der Waals surface area contributed by atoms with E-state index in [1.165, 1.54) is 45.9 Å². The van der Waals surface area contributed by atoms with Crippen LogP contribution in [0.3, 0.4) is 0 Å². The molecule has 4 heterocycles. The normalized spacial score (nSPS) is 15.0. The number of hydrogen-bond acceptors (Lipinski definition) is 6. The maximum absolute atomic E-state index is 15.6. The Bertz CT molecular complexity index is 6350. The molecule has 13 aromatic rings. The highest BCUT2D eigenvalue weighted by Crippen LogP contribution is 2.51. The highest BCUT2D eigenvalue weighted by Gasteiger charge is 2.62. The van der Waals surface area contributed by atoms with Crippen LogP contribution in [-0.4, -0.2) is 110 Å². The molecule has 0 amide bonds. The van der Waals surface area contributed by atoms with Crippen molar-refractivity contribution in [2.75, 3.05) is 26.4 Å². The lowest BCUT2D eigenvalue weighted by atomic mass is 9.83. The van der Waals surface area contributed by atoms with Crippen LogP contribution in [0, 0.1) is 20.8 Å². The monoisotopic (exact) mass is 1690 g/mol. The lowest BCUT2D eigenvalue weighted by Crippen LogP contribution is -2.48. The van der Waals surface area contributed by atoms with E-state index < -0.39 is 102 Å². The molecule has 0 atom stereocenters. The minimum absolute atomic E-state index is 0.00516. The van der Waals surface area contributed by atoms with Crippen LogP contribution in [-0.2, 0) is 25.0 Å². The van der Waals surface area contributed by atoms with Crippen LogP contribution >= 0.6 is 0 Å². The Hall–Kier alpha value is -11.6. The van der Waals surface area contributed by atoms with Crippen LogP contribution < -0.4 is 0 Å². The highest BCUT2D eigenvalue weighted by atomic mass is 19.4. The number of aliphatic imine (C=N–C) groups is 2. The lowest BCUT2D eigenvalue weighted by molar-refractivity contribution is -0.296. The summed E-state index contributed by atoms with van der Waals surface area (Å²) in [6, 6.07) is 65.6. The van der Waals surface area contributed by atoms with Gasteiger partial charge in [-0.15, -0.1) is 0 Å². The molecule has 0 saturated heterocycles. The van der Waals surface area contributed by atoms with E-state index in [9.17, 15) is 52.7 Å². The van der Waals surface area contributed by atoms with E-state index >= 15 is 35.1 Å². The van der Waals surface area contributed by atoms with Crippen LogP contribution in [0.1, 0.15) is 72.2 Å². The van der Waals surface area contributed by atoms with Crippen molar-refractivity contribution in [3.05, 3.63) is 298 Å². The van der Waals surface area contributed by atoms with Gasteiger partial charge in [-0.25, -0.2) is 0 Å². The summed E-state index contributed by atoms with van der Waals surface area (Å²) >= 11 is 0. The van der Waals surface area contributed by atoms with Crippen LogP contribution in [0.25, 0.3) is 109 Å². The maximum Gasteiger partial charge on any atom is 0.598 e. The molecule has 15 rings (SSSR count). The quantitative estimate of drug-likeness (QED) is 0.0343. The number of allylic oxidation sites excluding steroid dienone is 4. The first-order chi connectivity index (χ1) is 57.5. The molecule has 30 heteroatoms. The van der Waals surface area contributed by atoms with Gasteiger partial charge in [0.2, 0.25) is 0 Å². The van der Waals surface area contributed by atoms with Crippen LogP contribution in [0.2, 0.25) is 0 Å². The van der Waals surface area contributed by atoms with Gasteiger partial charge in [0, 0.05) is 50.9 Å². The molecule has 0 radical (unpaired) electrons. The van der Waals surface area contributed by atoms with Gasteiger partial charge < -0.3 is 27.6 Å². The van der Waals surface area contributed by atoms with Crippen molar-refractivity contribution in [1.82, 2.24) is 8.96 Å². The van der Waals surface area contributed by atoms with E-state index in [0.717, 1.165) is 64.3 Å². The summed E-state index contributed by atoms with van der Waals surface area (Å²) in [5, 5.41) is 8.95. The average Bonchev–Trinajstić information content (AvgIpc) is 1.26. The van der Waals surface area contributed by atoms with Gasteiger partial charge in [0.1, 0.15) is 26.4 Å². The van der Waals surface area contributed by atoms with Crippen molar-refractivity contribution in [3.8, 4) is 33.4 Å². The summed E-state index contributed by atoms with van der Waals surface area (Å²) in [5.74, 6) is -23.3. The number of fused-ring (bicyclic) bond motifs is 6. The van der Waals surface area contributed by atoms with Crippen molar-refractivity contribution in [2.45, 2.75) is 103 Å². The third-order valence-electron chi connectivity index (χ3n) is 21.8. The van der Waals surface area contributed by atoms with Crippen LogP contribution in [0.5, 0.6) is 0 Å². The molecule has 122 heavy (non-hydrogen) atoms. The first kappa shape index (κ1) is 85.4. The zero-order valence-corrected chi connectivity index (χ0v) is 65.3. The summed E-state index contributed by atoms with van der Waals surface area (Å²) in [6.45, 7) is -2.09. The fraction of sp³-hybridized carbons (Fsp3) is 0.217. The second kappa shape index (κ2) is 32.0. The second-order valence-electron chi connectivity index (χ2n) is 30.2. The van der Waals surface area contributed by atoms with Gasteiger partial charge >= 0.3 is 62.9 Å². The predicted octanol–water partition coefficient (Wildman–Crippen LogP) is 26.6. The number of benzene rings is 11. The molecule has 626 valence electrons. The van der Waals surface area contributed by atoms with Gasteiger partial charge in [-0.05, 0) is 217 Å². The SMILES string of the molecule is CC1=CC(CCc2cc(C)c(/C(=C3\N=C(C)C=C3C)c3c4ccccc4c(-c4ccc5ccccc5c4)c4ccccc34)n2B(OCC(F)(F)C(F)(F)F)OCC(F)(F)C(F)(F)F)=N/C1=C(/c1ccc(-c2c3ccccc3c(-c3ccc4ccccc4c3)c3ccccc23)cc1)c1c(C)cc(C)n1B(OCC(F)(F)C(F)(F)F)OCC(F)(F)C(F)(F)F. The highest BCUT2D eigenvalue weighted by molar-refractivity contribution is 6.44. The van der Waals surface area contributed by atoms with Gasteiger partial charge in [0.15, 0.2) is 0 Å². The zero-order valence-electron chi connectivity index (χ0n) is 65.3. The fourth-order valence-corrected chi connectivity index (χ4v) is 16.1. The molecule has 0 saturated carbocycles. The van der Waals surface area contributed by atoms with Gasteiger partial charge in [-0.3, -0.25) is 9.98 Å². The van der Waals surface area contributed by atoms with Crippen LogP contribution in [0.15, 0.2) is 263 Å². The Kier molecular flexibility index (Phi) is 22.4. The first-order valence-corrected chi connectivity index (χ1v) is 38.1. The van der Waals surface area contributed by atoms with Gasteiger partial charge in [0.25, 0.3) is 0 Å². The molecule has 2 aliphatic heterocycles. The van der Waals surface area contributed by atoms with E-state index in [0.29, 0.717) is 54.0 Å². The molecule has 0 spiro atoms. The molecule has 0 fully saturated rings. The molecule has 0 aliphatic carbocycles. The van der Waals surface area contributed by atoms with Crippen molar-refractivity contribution in [1.29, 1.82) is 0 Å². The first-order valence-electron chi connectivity index (χ1n) is 38.1. The van der Waals surface area contributed by atoms with E-state index in [1.807, 2.05) is 140 Å². The fourth-order valence-electron chi connectivity index (χ4n) is 16.1. The predicted molar refractivity (Wildman–Crippen MR) is 436 cm³/mol. The summed E-state index contributed by atoms with van der Waals surface area (Å²) in [7, 11) is -6.01. The molecule has 0 N–H and O–H groups in total. The molecule has 2 aromatic heterocycles. The lowest BCUT2D eigenvalue weighted by Gasteiger charge is -2.28. The smallest absolute Gasteiger partial charge is 0.385 e. The molecular formula is C92H68B2F20N4O4. The Labute approximate surface area is 684 Å². The standard InChI is InChI=1S/C92H68B2F20N4O4/c1-51-41-55(5)115-82(51)80(79-73-29-17-15-27-71(73)77(72-28-16-18-30-74(72)79)64-38-32-58-20-8-10-22-62(58)46-64)84-54(4)44-66(118(84)94(121-49-87(99,100)91(109,110)111)122-50-88(101,102)92(112,113)114)40-39-65-43-52(2)81(116-65)78(83-53(3)42-56(6)117(83)93(119-47-85(95,96)89(103,104)105)120-48-86(97,98)90(106,107)108)60-35-33-59(34-36-60)75-67-23-11-13-25-69(67)76(70-26-14-12-24-68(70)75)63-37-31-57-19-7-9-21-61(57)45-63/h7-38,41-46H,39-40,47-50H2,1-6H3/b81-78-,82-80-. The Balaban J connectivity index is 0.939. The number of aryl methyl sites for hydroxylation is 4. The van der Waals surface area contributed by atoms with Gasteiger partial charge in [-0.1, -0.05) is 194 Å². The third kappa shape index (κ3) is 16.0. The number of aromatic nitrogens is 2. The summed E-state index contributed by atoms with van der Waals surface area (Å²) in [6.07, 6.45) is -23.5. The molecule has 0 bridgehead atoms. The largest absolute Gasteiger partial charge is 0.598 e. The number of alkyl halides is 20. The second-order valence-corrected chi connectivity index (χ2v) is 30.2. The Morgan fingerprint density at radius 2 is 0.664 bits per heavy atom. The van der Waals surface area contributed by atoms with E-state index in [4.69, 9.17) is 28.6 Å². The minimum Gasteiger partial charge on any atom is -0.385 e. The third-order valence-corrected chi connectivity index (χ3v) is 21.8. The molecule has 2 aliphatic rings. The van der Waals surface area contributed by atoms with Gasteiger partial charge in [-0.2, -0.15) is 87.8 Å². The number of halogens is 20. The zero-order chi connectivity index (χ0) is 87.3. The Morgan fingerprint density at radius 3 is 1.07 bits per heavy atom. The number of nitrogens with zero attached hydrogens (tertiary/aromatic N) is 4.